The number of hydrogen-bond acceptors (Lipinski definition) is 1. The number of rotatable bonds is 3. The van der Waals surface area contributed by atoms with E-state index in [1.165, 1.54) is 12.1 Å². The van der Waals surface area contributed by atoms with Gasteiger partial charge in [-0.1, -0.05) is 12.1 Å². The predicted molar refractivity (Wildman–Crippen MR) is 45.7 cm³/mol. The zero-order chi connectivity index (χ0) is 10.6. The van der Waals surface area contributed by atoms with Crippen molar-refractivity contribution in [2.75, 3.05) is 0 Å². The van der Waals surface area contributed by atoms with Crippen molar-refractivity contribution < 1.29 is 17.9 Å². The number of benzene rings is 1. The molecule has 0 unspecified atom stereocenters. The highest BCUT2D eigenvalue weighted by Gasteiger charge is 2.30. The lowest BCUT2D eigenvalue weighted by atomic mass is 10.1. The van der Waals surface area contributed by atoms with Crippen LogP contribution in [0.2, 0.25) is 0 Å². The SMILES string of the molecule is [CH]CCc1ccc(OC(F)(F)F)cc1. The highest BCUT2D eigenvalue weighted by Crippen LogP contribution is 2.22. The quantitative estimate of drug-likeness (QED) is 0.731. The molecular weight excluding hydrogens is 193 g/mol. The van der Waals surface area contributed by atoms with Crippen LogP contribution in [-0.4, -0.2) is 6.36 Å². The minimum absolute atomic E-state index is 0.210. The van der Waals surface area contributed by atoms with Crippen molar-refractivity contribution in [3.8, 4) is 5.75 Å². The Kier molecular flexibility index (Phi) is 3.38. The molecule has 76 valence electrons. The van der Waals surface area contributed by atoms with Crippen molar-refractivity contribution in [2.24, 2.45) is 0 Å². The van der Waals surface area contributed by atoms with Gasteiger partial charge in [0.1, 0.15) is 5.75 Å². The molecule has 0 atom stereocenters. The Hall–Kier alpha value is -1.19. The number of ether oxygens (including phenoxy) is 1. The summed E-state index contributed by atoms with van der Waals surface area (Å²) >= 11 is 0. The second-order valence-corrected chi connectivity index (χ2v) is 2.73. The van der Waals surface area contributed by atoms with Crippen molar-refractivity contribution in [3.63, 3.8) is 0 Å². The Morgan fingerprint density at radius 3 is 2.14 bits per heavy atom. The second kappa shape index (κ2) is 4.35. The molecule has 0 fully saturated rings. The van der Waals surface area contributed by atoms with Crippen LogP contribution in [0.4, 0.5) is 13.2 Å². The van der Waals surface area contributed by atoms with E-state index in [1.807, 2.05) is 0 Å². The predicted octanol–water partition coefficient (Wildman–Crippen LogP) is 3.23. The molecule has 0 heterocycles. The van der Waals surface area contributed by atoms with Gasteiger partial charge in [-0.25, -0.2) is 0 Å². The van der Waals surface area contributed by atoms with Gasteiger partial charge in [0.25, 0.3) is 0 Å². The molecule has 0 aromatic heterocycles. The molecule has 0 aliphatic carbocycles. The van der Waals surface area contributed by atoms with Crippen molar-refractivity contribution in [1.82, 2.24) is 0 Å². The van der Waals surface area contributed by atoms with E-state index in [-0.39, 0.29) is 5.75 Å². The van der Waals surface area contributed by atoms with Gasteiger partial charge in [0.15, 0.2) is 0 Å². The summed E-state index contributed by atoms with van der Waals surface area (Å²) in [6, 6.07) is 5.68. The molecule has 1 aromatic carbocycles. The summed E-state index contributed by atoms with van der Waals surface area (Å²) in [6.07, 6.45) is -3.51. The molecule has 0 bridgehead atoms. The van der Waals surface area contributed by atoms with Crippen LogP contribution in [0.15, 0.2) is 24.3 Å². The summed E-state index contributed by atoms with van der Waals surface area (Å²) in [7, 11) is 0. The van der Waals surface area contributed by atoms with E-state index in [0.29, 0.717) is 12.8 Å². The first-order chi connectivity index (χ1) is 6.51. The summed E-state index contributed by atoms with van der Waals surface area (Å²) in [5.74, 6) is -0.210. The molecule has 0 amide bonds. The van der Waals surface area contributed by atoms with Crippen LogP contribution in [0.5, 0.6) is 5.75 Å². The van der Waals surface area contributed by atoms with Crippen LogP contribution >= 0.6 is 0 Å². The van der Waals surface area contributed by atoms with E-state index in [4.69, 9.17) is 6.92 Å². The maximum absolute atomic E-state index is 11.7. The first-order valence-corrected chi connectivity index (χ1v) is 4.06. The third-order valence-corrected chi connectivity index (χ3v) is 1.59. The van der Waals surface area contributed by atoms with Gasteiger partial charge in [-0.05, 0) is 37.5 Å². The first-order valence-electron chi connectivity index (χ1n) is 4.06. The smallest absolute Gasteiger partial charge is 0.406 e. The number of hydrogen-bond donors (Lipinski definition) is 0. The Morgan fingerprint density at radius 1 is 1.14 bits per heavy atom. The fraction of sp³-hybridized carbons (Fsp3) is 0.300. The van der Waals surface area contributed by atoms with Crippen LogP contribution in [0.3, 0.4) is 0 Å². The number of halogens is 3. The van der Waals surface area contributed by atoms with E-state index in [0.717, 1.165) is 5.56 Å². The molecule has 0 aliphatic rings. The molecule has 4 heteroatoms. The van der Waals surface area contributed by atoms with Gasteiger partial charge in [-0.15, -0.1) is 13.2 Å². The van der Waals surface area contributed by atoms with Gasteiger partial charge < -0.3 is 4.74 Å². The van der Waals surface area contributed by atoms with E-state index >= 15 is 0 Å². The topological polar surface area (TPSA) is 9.23 Å². The maximum atomic E-state index is 11.7. The molecule has 14 heavy (non-hydrogen) atoms. The van der Waals surface area contributed by atoms with Gasteiger partial charge in [0, 0.05) is 0 Å². The number of aryl methyl sites for hydroxylation is 1. The van der Waals surface area contributed by atoms with Gasteiger partial charge in [-0.3, -0.25) is 0 Å². The molecule has 1 nitrogen and oxygen atoms in total. The fourth-order valence-corrected chi connectivity index (χ4v) is 1.02. The summed E-state index contributed by atoms with van der Waals surface area (Å²) in [5.41, 5.74) is 0.891. The Bertz CT molecular complexity index is 276. The Labute approximate surface area is 80.5 Å². The average molecular weight is 202 g/mol. The third kappa shape index (κ3) is 3.68. The van der Waals surface area contributed by atoms with Crippen molar-refractivity contribution in [1.29, 1.82) is 0 Å². The lowest BCUT2D eigenvalue weighted by molar-refractivity contribution is -0.274. The van der Waals surface area contributed by atoms with Gasteiger partial charge in [-0.2, -0.15) is 0 Å². The van der Waals surface area contributed by atoms with Crippen molar-refractivity contribution >= 4 is 0 Å². The summed E-state index contributed by atoms with van der Waals surface area (Å²) in [5, 5.41) is 0. The zero-order valence-electron chi connectivity index (χ0n) is 7.34. The normalized spacial score (nSPS) is 11.4. The lowest BCUT2D eigenvalue weighted by Gasteiger charge is -2.08. The van der Waals surface area contributed by atoms with Crippen LogP contribution in [0.1, 0.15) is 12.0 Å². The minimum atomic E-state index is -4.63. The van der Waals surface area contributed by atoms with Gasteiger partial charge >= 0.3 is 6.36 Å². The molecule has 0 saturated heterocycles. The Morgan fingerprint density at radius 2 is 1.71 bits per heavy atom. The second-order valence-electron chi connectivity index (χ2n) is 2.73. The Balaban J connectivity index is 2.64. The average Bonchev–Trinajstić information content (AvgIpc) is 2.06. The molecule has 0 N–H and O–H groups in total. The zero-order valence-corrected chi connectivity index (χ0v) is 7.34. The van der Waals surface area contributed by atoms with Crippen LogP contribution < -0.4 is 4.74 Å². The van der Waals surface area contributed by atoms with Crippen molar-refractivity contribution in [2.45, 2.75) is 19.2 Å². The van der Waals surface area contributed by atoms with Gasteiger partial charge in [0.05, 0.1) is 0 Å². The summed E-state index contributed by atoms with van der Waals surface area (Å²) in [6.45, 7) is 5.29. The summed E-state index contributed by atoms with van der Waals surface area (Å²) < 4.78 is 38.9. The molecule has 1 aromatic rings. The number of alkyl halides is 3. The largest absolute Gasteiger partial charge is 0.573 e. The van der Waals surface area contributed by atoms with Crippen LogP contribution in [-0.2, 0) is 6.42 Å². The van der Waals surface area contributed by atoms with Crippen LogP contribution in [0, 0.1) is 6.92 Å². The lowest BCUT2D eigenvalue weighted by Crippen LogP contribution is -2.16. The maximum Gasteiger partial charge on any atom is 0.573 e. The monoisotopic (exact) mass is 202 g/mol. The molecule has 0 spiro atoms. The highest BCUT2D eigenvalue weighted by molar-refractivity contribution is 5.27. The fourth-order valence-electron chi connectivity index (χ4n) is 1.02. The van der Waals surface area contributed by atoms with E-state index in [9.17, 15) is 13.2 Å². The summed E-state index contributed by atoms with van der Waals surface area (Å²) in [4.78, 5) is 0. The molecule has 2 radical (unpaired) electrons. The van der Waals surface area contributed by atoms with E-state index < -0.39 is 6.36 Å². The highest BCUT2D eigenvalue weighted by atomic mass is 19.4. The standard InChI is InChI=1S/C10H9F3O/c1-2-3-8-4-6-9(7-5-8)14-10(11,12)13/h1,4-7H,2-3H2. The van der Waals surface area contributed by atoms with Gasteiger partial charge in [0.2, 0.25) is 0 Å². The minimum Gasteiger partial charge on any atom is -0.406 e. The molecule has 1 rings (SSSR count). The van der Waals surface area contributed by atoms with Crippen LogP contribution in [0.25, 0.3) is 0 Å². The van der Waals surface area contributed by atoms with Crippen molar-refractivity contribution in [3.05, 3.63) is 36.8 Å². The molecular formula is C10H9F3O. The third-order valence-electron chi connectivity index (χ3n) is 1.59. The molecule has 0 saturated carbocycles. The van der Waals surface area contributed by atoms with E-state index in [1.54, 1.807) is 12.1 Å². The first kappa shape index (κ1) is 10.9. The van der Waals surface area contributed by atoms with E-state index in [2.05, 4.69) is 4.74 Å². The molecule has 0 aliphatic heterocycles.